The van der Waals surface area contributed by atoms with Crippen LogP contribution in [0.3, 0.4) is 0 Å². The molecule has 0 fully saturated rings. The Morgan fingerprint density at radius 3 is 2.42 bits per heavy atom. The van der Waals surface area contributed by atoms with E-state index in [4.69, 9.17) is 18.6 Å². The van der Waals surface area contributed by atoms with Crippen LogP contribution in [-0.4, -0.2) is 38.9 Å². The predicted octanol–water partition coefficient (Wildman–Crippen LogP) is 3.90. The van der Waals surface area contributed by atoms with Gasteiger partial charge in [-0.2, -0.15) is 5.10 Å². The van der Waals surface area contributed by atoms with Crippen molar-refractivity contribution in [1.29, 1.82) is 0 Å². The standard InChI is InChI=1S/C23H22N2O6/c1-4-30-23(27)16-7-5-6-15(10-16)21-9-8-18(31-21)14-24-25-22(26)17-11-19(28-2)13-20(12-17)29-3/h5-14H,4H2,1-3H3,(H,25,26)/b24-14-. The molecule has 0 atom stereocenters. The molecule has 0 aliphatic rings. The molecule has 2 aromatic carbocycles. The number of ether oxygens (including phenoxy) is 3. The van der Waals surface area contributed by atoms with Crippen LogP contribution in [0.1, 0.15) is 33.4 Å². The van der Waals surface area contributed by atoms with E-state index in [1.807, 2.05) is 6.07 Å². The molecule has 3 rings (SSSR count). The Kier molecular flexibility index (Phi) is 7.05. The highest BCUT2D eigenvalue weighted by Gasteiger charge is 2.11. The summed E-state index contributed by atoms with van der Waals surface area (Å²) in [6.07, 6.45) is 1.38. The molecule has 8 nitrogen and oxygen atoms in total. The molecule has 160 valence electrons. The molecule has 0 aliphatic carbocycles. The van der Waals surface area contributed by atoms with Gasteiger partial charge in [-0.15, -0.1) is 0 Å². The van der Waals surface area contributed by atoms with Gasteiger partial charge in [0, 0.05) is 17.2 Å². The first-order valence-corrected chi connectivity index (χ1v) is 9.48. The second-order valence-corrected chi connectivity index (χ2v) is 6.30. The third-order valence-electron chi connectivity index (χ3n) is 4.26. The zero-order valence-electron chi connectivity index (χ0n) is 17.4. The van der Waals surface area contributed by atoms with Crippen LogP contribution in [-0.2, 0) is 4.74 Å². The maximum absolute atomic E-state index is 12.3. The number of furan rings is 1. The molecule has 0 saturated carbocycles. The molecular formula is C23H22N2O6. The molecule has 31 heavy (non-hydrogen) atoms. The molecule has 1 aromatic heterocycles. The van der Waals surface area contributed by atoms with E-state index in [2.05, 4.69) is 10.5 Å². The van der Waals surface area contributed by atoms with E-state index in [9.17, 15) is 9.59 Å². The first-order valence-electron chi connectivity index (χ1n) is 9.48. The van der Waals surface area contributed by atoms with E-state index in [0.717, 1.165) is 5.56 Å². The molecule has 1 N–H and O–H groups in total. The van der Waals surface area contributed by atoms with Crippen molar-refractivity contribution in [3.05, 3.63) is 71.5 Å². The zero-order valence-corrected chi connectivity index (χ0v) is 17.4. The van der Waals surface area contributed by atoms with Gasteiger partial charge in [0.05, 0.1) is 32.6 Å². The van der Waals surface area contributed by atoms with Crippen LogP contribution in [0.4, 0.5) is 0 Å². The van der Waals surface area contributed by atoms with Crippen molar-refractivity contribution in [2.75, 3.05) is 20.8 Å². The molecule has 8 heteroatoms. The minimum Gasteiger partial charge on any atom is -0.497 e. The molecule has 1 amide bonds. The minimum absolute atomic E-state index is 0.304. The summed E-state index contributed by atoms with van der Waals surface area (Å²) in [4.78, 5) is 24.2. The summed E-state index contributed by atoms with van der Waals surface area (Å²) in [5.74, 6) is 1.15. The summed E-state index contributed by atoms with van der Waals surface area (Å²) in [5, 5.41) is 3.93. The topological polar surface area (TPSA) is 99.4 Å². The van der Waals surface area contributed by atoms with E-state index in [-0.39, 0.29) is 0 Å². The number of carbonyl (C=O) groups excluding carboxylic acids is 2. The van der Waals surface area contributed by atoms with Crippen LogP contribution >= 0.6 is 0 Å². The number of nitrogens with one attached hydrogen (secondary N) is 1. The van der Waals surface area contributed by atoms with E-state index in [1.165, 1.54) is 20.4 Å². The molecule has 0 aliphatic heterocycles. The number of amides is 1. The molecule has 3 aromatic rings. The van der Waals surface area contributed by atoms with Gasteiger partial charge < -0.3 is 18.6 Å². The lowest BCUT2D eigenvalue weighted by molar-refractivity contribution is 0.0526. The maximum atomic E-state index is 12.3. The number of nitrogens with zero attached hydrogens (tertiary/aromatic N) is 1. The van der Waals surface area contributed by atoms with Gasteiger partial charge in [0.25, 0.3) is 5.91 Å². The Labute approximate surface area is 179 Å². The third-order valence-corrected chi connectivity index (χ3v) is 4.26. The monoisotopic (exact) mass is 422 g/mol. The number of esters is 1. The largest absolute Gasteiger partial charge is 0.497 e. The summed E-state index contributed by atoms with van der Waals surface area (Å²) in [5.41, 5.74) is 3.93. The van der Waals surface area contributed by atoms with Crippen molar-refractivity contribution in [2.24, 2.45) is 5.10 Å². The summed E-state index contributed by atoms with van der Waals surface area (Å²) in [7, 11) is 3.01. The Balaban J connectivity index is 1.68. The quantitative estimate of drug-likeness (QED) is 0.336. The highest BCUT2D eigenvalue weighted by atomic mass is 16.5. The van der Waals surface area contributed by atoms with Crippen molar-refractivity contribution in [2.45, 2.75) is 6.92 Å². The smallest absolute Gasteiger partial charge is 0.338 e. The van der Waals surface area contributed by atoms with Gasteiger partial charge in [0.2, 0.25) is 0 Å². The van der Waals surface area contributed by atoms with Gasteiger partial charge in [-0.1, -0.05) is 12.1 Å². The van der Waals surface area contributed by atoms with Gasteiger partial charge in [0.15, 0.2) is 0 Å². The predicted molar refractivity (Wildman–Crippen MR) is 115 cm³/mol. The van der Waals surface area contributed by atoms with Crippen LogP contribution < -0.4 is 14.9 Å². The van der Waals surface area contributed by atoms with E-state index in [1.54, 1.807) is 55.5 Å². The fourth-order valence-corrected chi connectivity index (χ4v) is 2.75. The highest BCUT2D eigenvalue weighted by molar-refractivity contribution is 5.95. The number of hydrazone groups is 1. The number of hydrogen-bond acceptors (Lipinski definition) is 7. The van der Waals surface area contributed by atoms with Crippen LogP contribution in [0.2, 0.25) is 0 Å². The number of benzene rings is 2. The second kappa shape index (κ2) is 10.1. The molecule has 0 bridgehead atoms. The fraction of sp³-hybridized carbons (Fsp3) is 0.174. The Morgan fingerprint density at radius 2 is 1.74 bits per heavy atom. The van der Waals surface area contributed by atoms with Crippen molar-refractivity contribution in [3.8, 4) is 22.8 Å². The van der Waals surface area contributed by atoms with Gasteiger partial charge in [-0.05, 0) is 43.3 Å². The molecular weight excluding hydrogens is 400 g/mol. The summed E-state index contributed by atoms with van der Waals surface area (Å²) in [6.45, 7) is 2.06. The van der Waals surface area contributed by atoms with Crippen molar-refractivity contribution in [3.63, 3.8) is 0 Å². The Morgan fingerprint density at radius 1 is 1.00 bits per heavy atom. The average Bonchev–Trinajstić information content (AvgIpc) is 3.27. The summed E-state index contributed by atoms with van der Waals surface area (Å²) < 4.78 is 21.1. The fourth-order valence-electron chi connectivity index (χ4n) is 2.75. The molecule has 0 saturated heterocycles. The third kappa shape index (κ3) is 5.51. The maximum Gasteiger partial charge on any atom is 0.338 e. The van der Waals surface area contributed by atoms with Gasteiger partial charge >= 0.3 is 5.97 Å². The first kappa shape index (κ1) is 21.6. The lowest BCUT2D eigenvalue weighted by Crippen LogP contribution is -2.17. The second-order valence-electron chi connectivity index (χ2n) is 6.30. The Bertz CT molecular complexity index is 1080. The number of hydrogen-bond donors (Lipinski definition) is 1. The minimum atomic E-state index is -0.428. The highest BCUT2D eigenvalue weighted by Crippen LogP contribution is 2.24. The summed E-state index contributed by atoms with van der Waals surface area (Å²) >= 11 is 0. The molecule has 0 radical (unpaired) electrons. The SMILES string of the molecule is CCOC(=O)c1cccc(-c2ccc(/C=N\NC(=O)c3cc(OC)cc(OC)c3)o2)c1. The van der Waals surface area contributed by atoms with Crippen LogP contribution in [0.5, 0.6) is 11.5 Å². The van der Waals surface area contributed by atoms with E-state index < -0.39 is 11.9 Å². The van der Waals surface area contributed by atoms with Gasteiger partial charge in [-0.3, -0.25) is 4.79 Å². The van der Waals surface area contributed by atoms with Crippen LogP contribution in [0, 0.1) is 0 Å². The number of methoxy groups -OCH3 is 2. The molecule has 0 unspecified atom stereocenters. The number of carbonyl (C=O) groups is 2. The first-order chi connectivity index (χ1) is 15.0. The zero-order chi connectivity index (χ0) is 22.2. The van der Waals surface area contributed by atoms with Crippen molar-refractivity contribution in [1.82, 2.24) is 5.43 Å². The molecule has 0 spiro atoms. The van der Waals surface area contributed by atoms with Crippen molar-refractivity contribution < 1.29 is 28.2 Å². The van der Waals surface area contributed by atoms with Gasteiger partial charge in [-0.25, -0.2) is 10.2 Å². The lowest BCUT2D eigenvalue weighted by atomic mass is 10.1. The Hall–Kier alpha value is -4.07. The molecule has 1 heterocycles. The van der Waals surface area contributed by atoms with E-state index >= 15 is 0 Å². The van der Waals surface area contributed by atoms with Crippen molar-refractivity contribution >= 4 is 18.1 Å². The van der Waals surface area contributed by atoms with Gasteiger partial charge in [0.1, 0.15) is 23.0 Å². The average molecular weight is 422 g/mol. The number of rotatable bonds is 8. The van der Waals surface area contributed by atoms with Crippen LogP contribution in [0.15, 0.2) is 64.1 Å². The summed E-state index contributed by atoms with van der Waals surface area (Å²) in [6, 6.07) is 15.2. The van der Waals surface area contributed by atoms with E-state index in [0.29, 0.717) is 40.8 Å². The lowest BCUT2D eigenvalue weighted by Gasteiger charge is -2.07. The normalized spacial score (nSPS) is 10.7. The van der Waals surface area contributed by atoms with Crippen LogP contribution in [0.25, 0.3) is 11.3 Å².